The Morgan fingerprint density at radius 2 is 2.12 bits per heavy atom. The molecule has 17 heavy (non-hydrogen) atoms. The summed E-state index contributed by atoms with van der Waals surface area (Å²) in [6.45, 7) is 5.85. The van der Waals surface area contributed by atoms with Gasteiger partial charge in [0.1, 0.15) is 0 Å². The van der Waals surface area contributed by atoms with Crippen molar-refractivity contribution in [1.82, 2.24) is 5.32 Å². The molecule has 1 N–H and O–H groups in total. The normalized spacial score (nSPS) is 35.2. The fourth-order valence-corrected chi connectivity index (χ4v) is 3.37. The monoisotopic (exact) mass is 262 g/mol. The maximum Gasteiger partial charge on any atom is 1.00 e. The molecule has 2 aliphatic rings. The maximum absolute atomic E-state index is 12.2. The van der Waals surface area contributed by atoms with Crippen molar-refractivity contribution in [2.45, 2.75) is 33.6 Å². The first kappa shape index (κ1) is 15.1. The van der Waals surface area contributed by atoms with Crippen LogP contribution < -0.4 is 40.0 Å². The van der Waals surface area contributed by atoms with Crippen molar-refractivity contribution < 1.29 is 39.5 Å². The minimum Gasteiger partial charge on any atom is -0.861 e. The number of aliphatic imine (C=N–C) groups is 1. The fourth-order valence-electron chi connectivity index (χ4n) is 3.19. The Balaban J connectivity index is 0.00000144. The number of nitrogens with zero attached hydrogens (tertiary/aromatic N) is 1. The summed E-state index contributed by atoms with van der Waals surface area (Å²) in [4.78, 5) is 16.0. The van der Waals surface area contributed by atoms with Gasteiger partial charge in [0.25, 0.3) is 0 Å². The Bertz CT molecular complexity index is 408. The van der Waals surface area contributed by atoms with Crippen LogP contribution in [0.5, 0.6) is 0 Å². The topological polar surface area (TPSA) is 64.5 Å². The van der Waals surface area contributed by atoms with Gasteiger partial charge in [-0.2, -0.15) is 0 Å². The van der Waals surface area contributed by atoms with Gasteiger partial charge in [0.15, 0.2) is 5.11 Å². The number of rotatable bonds is 0. The molecule has 1 fully saturated rings. The van der Waals surface area contributed by atoms with Gasteiger partial charge in [-0.1, -0.05) is 20.8 Å². The second kappa shape index (κ2) is 4.61. The molecule has 1 aliphatic heterocycles. The second-order valence-electron chi connectivity index (χ2n) is 5.31. The molecular weight excluding hydrogens is 247 g/mol. The van der Waals surface area contributed by atoms with Crippen molar-refractivity contribution in [1.29, 1.82) is 0 Å². The largest absolute Gasteiger partial charge is 1.00 e. The molecule has 1 saturated carbocycles. The number of hydrogen-bond donors (Lipinski definition) is 1. The smallest absolute Gasteiger partial charge is 0.861 e. The zero-order valence-corrected chi connectivity index (χ0v) is 13.5. The van der Waals surface area contributed by atoms with E-state index in [9.17, 15) is 9.90 Å². The van der Waals surface area contributed by atoms with Gasteiger partial charge < -0.3 is 10.4 Å². The summed E-state index contributed by atoms with van der Waals surface area (Å²) in [6, 6.07) is 0. The molecule has 0 saturated heterocycles. The molecule has 0 aromatic heterocycles. The van der Waals surface area contributed by atoms with E-state index >= 15 is 0 Å². The molecule has 0 radical (unpaired) electrons. The van der Waals surface area contributed by atoms with Gasteiger partial charge in [0.2, 0.25) is 5.91 Å². The molecular formula is C11H15N2NaO2S. The molecule has 0 bridgehead atoms. The van der Waals surface area contributed by atoms with E-state index in [0.717, 1.165) is 12.8 Å². The van der Waals surface area contributed by atoms with E-state index in [1.165, 1.54) is 0 Å². The summed E-state index contributed by atoms with van der Waals surface area (Å²) < 4.78 is 0. The van der Waals surface area contributed by atoms with Gasteiger partial charge in [-0.15, -0.1) is 0 Å². The minimum absolute atomic E-state index is 0. The van der Waals surface area contributed by atoms with E-state index in [0.29, 0.717) is 0 Å². The first-order valence-corrected chi connectivity index (χ1v) is 5.85. The predicted octanol–water partition coefficient (Wildman–Crippen LogP) is -2.39. The second-order valence-corrected chi connectivity index (χ2v) is 5.69. The number of carbonyl (C=O) groups excluding carboxylic acids is 1. The van der Waals surface area contributed by atoms with Gasteiger partial charge in [-0.25, -0.2) is 4.99 Å². The van der Waals surface area contributed by atoms with E-state index in [4.69, 9.17) is 12.2 Å². The van der Waals surface area contributed by atoms with Crippen molar-refractivity contribution in [2.24, 2.45) is 21.7 Å². The van der Waals surface area contributed by atoms with Crippen LogP contribution in [0.4, 0.5) is 0 Å². The van der Waals surface area contributed by atoms with Gasteiger partial charge in [-0.3, -0.25) is 4.79 Å². The summed E-state index contributed by atoms with van der Waals surface area (Å²) in [7, 11) is 0. The predicted molar refractivity (Wildman–Crippen MR) is 62.8 cm³/mol. The van der Waals surface area contributed by atoms with Crippen LogP contribution in [0.3, 0.4) is 0 Å². The minimum atomic E-state index is -1.02. The van der Waals surface area contributed by atoms with Crippen LogP contribution >= 0.6 is 12.2 Å². The summed E-state index contributed by atoms with van der Waals surface area (Å²) in [5.74, 6) is -0.620. The zero-order chi connectivity index (χ0) is 12.1. The van der Waals surface area contributed by atoms with Crippen molar-refractivity contribution >= 4 is 29.1 Å². The third kappa shape index (κ3) is 1.87. The number of nitrogens with one attached hydrogen (secondary N) is 1. The van der Waals surface area contributed by atoms with Crippen molar-refractivity contribution in [3.63, 3.8) is 0 Å². The fraction of sp³-hybridized carbons (Fsp3) is 0.727. The maximum atomic E-state index is 12.2. The molecule has 1 spiro atoms. The number of amides is 1. The summed E-state index contributed by atoms with van der Waals surface area (Å²) in [5.41, 5.74) is -1.37. The SMILES string of the molecule is CC1CCC(C)(C)C12C(=O)NC(=S)N=C2[O-].[Na+]. The van der Waals surface area contributed by atoms with Crippen LogP contribution in [-0.2, 0) is 4.79 Å². The van der Waals surface area contributed by atoms with Crippen LogP contribution in [0.1, 0.15) is 33.6 Å². The first-order valence-electron chi connectivity index (χ1n) is 5.44. The first-order chi connectivity index (χ1) is 7.32. The van der Waals surface area contributed by atoms with E-state index in [1.807, 2.05) is 20.8 Å². The average Bonchev–Trinajstić information content (AvgIpc) is 2.35. The third-order valence-corrected chi connectivity index (χ3v) is 4.32. The Morgan fingerprint density at radius 3 is 2.53 bits per heavy atom. The Labute approximate surface area is 129 Å². The molecule has 2 atom stereocenters. The molecule has 4 nitrogen and oxygen atoms in total. The molecule has 1 amide bonds. The van der Waals surface area contributed by atoms with Crippen LogP contribution in [0.15, 0.2) is 4.99 Å². The quantitative estimate of drug-likeness (QED) is 0.391. The van der Waals surface area contributed by atoms with Gasteiger partial charge >= 0.3 is 29.6 Å². The Morgan fingerprint density at radius 1 is 1.53 bits per heavy atom. The summed E-state index contributed by atoms with van der Waals surface area (Å²) in [5, 5.41) is 14.7. The molecule has 0 aromatic carbocycles. The number of carbonyl (C=O) groups is 1. The molecule has 0 aromatic rings. The number of thiocarbonyl (C=S) groups is 1. The number of hydrogen-bond acceptors (Lipinski definition) is 3. The van der Waals surface area contributed by atoms with E-state index in [1.54, 1.807) is 0 Å². The van der Waals surface area contributed by atoms with Gasteiger partial charge in [0, 0.05) is 0 Å². The summed E-state index contributed by atoms with van der Waals surface area (Å²) >= 11 is 4.77. The van der Waals surface area contributed by atoms with E-state index in [-0.39, 0.29) is 57.8 Å². The van der Waals surface area contributed by atoms with Crippen LogP contribution in [0.25, 0.3) is 0 Å². The molecule has 2 unspecified atom stereocenters. The van der Waals surface area contributed by atoms with Crippen LogP contribution in [0.2, 0.25) is 0 Å². The average molecular weight is 262 g/mol. The molecule has 88 valence electrons. The third-order valence-electron chi connectivity index (χ3n) is 4.13. The molecule has 1 aliphatic carbocycles. The standard InChI is InChI=1S/C11H16N2O2S.Na/c1-6-4-5-10(2,3)11(6)7(14)12-9(16)13-8(11)15;/h6H,4-5H2,1-3H3,(H2,12,13,14,15,16);/q;+1/p-1. The van der Waals surface area contributed by atoms with Gasteiger partial charge in [0.05, 0.1) is 5.41 Å². The molecule has 1 heterocycles. The van der Waals surface area contributed by atoms with Crippen molar-refractivity contribution in [2.75, 3.05) is 0 Å². The van der Waals surface area contributed by atoms with E-state index in [2.05, 4.69) is 10.3 Å². The van der Waals surface area contributed by atoms with Crippen LogP contribution in [-0.4, -0.2) is 16.9 Å². The Kier molecular flexibility index (Phi) is 4.09. The zero-order valence-electron chi connectivity index (χ0n) is 10.7. The van der Waals surface area contributed by atoms with E-state index < -0.39 is 5.41 Å². The van der Waals surface area contributed by atoms with Crippen molar-refractivity contribution in [3.05, 3.63) is 0 Å². The Hall–Kier alpha value is 0.0300. The summed E-state index contributed by atoms with van der Waals surface area (Å²) in [6.07, 6.45) is 1.73. The molecule has 6 heteroatoms. The van der Waals surface area contributed by atoms with Crippen LogP contribution in [0, 0.1) is 16.7 Å². The molecule has 2 rings (SSSR count). The van der Waals surface area contributed by atoms with Crippen molar-refractivity contribution in [3.8, 4) is 0 Å². The van der Waals surface area contributed by atoms with Gasteiger partial charge in [-0.05, 0) is 42.3 Å².